The first-order valence-electron chi connectivity index (χ1n) is 16.2. The van der Waals surface area contributed by atoms with Crippen molar-refractivity contribution in [1.82, 2.24) is 0 Å². The van der Waals surface area contributed by atoms with Gasteiger partial charge in [-0.25, -0.2) is 16.8 Å². The molecular weight excluding hydrogens is 759 g/mol. The number of esters is 1. The summed E-state index contributed by atoms with van der Waals surface area (Å²) in [7, 11) is -11.3. The van der Waals surface area contributed by atoms with Crippen LogP contribution in [0.1, 0.15) is 72.1 Å². The van der Waals surface area contributed by atoms with Crippen LogP contribution >= 0.6 is 0 Å². The number of aliphatic hydroxyl groups is 2. The van der Waals surface area contributed by atoms with Crippen LogP contribution in [0.3, 0.4) is 0 Å². The maximum absolute atomic E-state index is 12.9. The van der Waals surface area contributed by atoms with Crippen LogP contribution in [-0.4, -0.2) is 103 Å². The molecule has 3 N–H and O–H groups in total. The normalized spacial score (nSPS) is 41.3. The zero-order valence-corrected chi connectivity index (χ0v) is 36.8. The second-order valence-corrected chi connectivity index (χ2v) is 16.8. The Morgan fingerprint density at radius 1 is 1.02 bits per heavy atom. The number of carbonyl (C=O) groups excluding carboxylic acids is 1. The quantitative estimate of drug-likeness (QED) is 0.0442. The van der Waals surface area contributed by atoms with Crippen LogP contribution in [0.2, 0.25) is 0 Å². The van der Waals surface area contributed by atoms with Gasteiger partial charge in [-0.2, -0.15) is 0 Å². The summed E-state index contributed by atoms with van der Waals surface area (Å²) in [6.45, 7) is 8.41. The fourth-order valence-electron chi connectivity index (χ4n) is 9.81. The number of carboxylic acid groups (broad SMARTS) is 1. The van der Waals surface area contributed by atoms with E-state index >= 15 is 0 Å². The molecule has 0 radical (unpaired) electrons. The number of carbonyl (C=O) groups is 2. The molecule has 1 spiro atoms. The molecule has 1 heterocycles. The van der Waals surface area contributed by atoms with E-state index < -0.39 is 99.0 Å². The third-order valence-electron chi connectivity index (χ3n) is 11.5. The van der Waals surface area contributed by atoms with E-state index in [1.54, 1.807) is 13.8 Å². The molecule has 5 rings (SSSR count). The third kappa shape index (κ3) is 9.55. The molecule has 1 unspecified atom stereocenters. The van der Waals surface area contributed by atoms with E-state index in [0.717, 1.165) is 24.8 Å². The van der Waals surface area contributed by atoms with Crippen molar-refractivity contribution in [2.24, 2.45) is 40.4 Å². The average Bonchev–Trinajstić information content (AvgIpc) is 3.12. The van der Waals surface area contributed by atoms with Gasteiger partial charge in [-0.15, -0.1) is 0 Å². The summed E-state index contributed by atoms with van der Waals surface area (Å²) >= 11 is 0. The van der Waals surface area contributed by atoms with Gasteiger partial charge < -0.3 is 38.6 Å². The molecular formula is C30H44K2O16S2. The number of ether oxygens (including phenoxy) is 3. The van der Waals surface area contributed by atoms with Crippen molar-refractivity contribution in [2.75, 3.05) is 6.61 Å². The van der Waals surface area contributed by atoms with Gasteiger partial charge in [0, 0.05) is 11.8 Å². The molecule has 0 aromatic heterocycles. The number of carboxylic acids is 1. The first kappa shape index (κ1) is 45.9. The fraction of sp³-hybridized carbons (Fsp3) is 0.867. The summed E-state index contributed by atoms with van der Waals surface area (Å²) in [5.41, 5.74) is -0.359. The largest absolute Gasteiger partial charge is 1.00 e. The average molecular weight is 803 g/mol. The second kappa shape index (κ2) is 17.4. The van der Waals surface area contributed by atoms with Crippen LogP contribution in [0.4, 0.5) is 0 Å². The van der Waals surface area contributed by atoms with Crippen molar-refractivity contribution >= 4 is 32.7 Å². The van der Waals surface area contributed by atoms with Gasteiger partial charge in [-0.1, -0.05) is 27.4 Å². The Morgan fingerprint density at radius 3 is 2.20 bits per heavy atom. The fourth-order valence-corrected chi connectivity index (χ4v) is 10.8. The SMILES string of the molecule is C=C1[C@H]2CCC3[C@@](CC[C@@H]4[C@H](C(=O)O)C[C@@H](O[C@@H]5O[C@H](CO)[C@@H](OS(=O)(=O)[O-])[C@H](OS(=O)(=O)[O-])[C@H]5OC(=O)CC(C)C)C[C@@]34C)(C2)[C@H]1O.[K+].[K+]. The van der Waals surface area contributed by atoms with Crippen molar-refractivity contribution in [3.63, 3.8) is 0 Å². The maximum Gasteiger partial charge on any atom is 1.00 e. The van der Waals surface area contributed by atoms with Crippen molar-refractivity contribution < 1.29 is 176 Å². The number of rotatable bonds is 11. The van der Waals surface area contributed by atoms with E-state index in [-0.39, 0.29) is 146 Å². The van der Waals surface area contributed by atoms with E-state index in [0.29, 0.717) is 12.8 Å². The molecule has 1 aliphatic heterocycles. The second-order valence-electron chi connectivity index (χ2n) is 14.8. The van der Waals surface area contributed by atoms with Crippen LogP contribution in [0.25, 0.3) is 0 Å². The van der Waals surface area contributed by atoms with Crippen molar-refractivity contribution in [1.29, 1.82) is 0 Å². The van der Waals surface area contributed by atoms with Gasteiger partial charge in [0.05, 0.1) is 24.7 Å². The van der Waals surface area contributed by atoms with Crippen LogP contribution in [0.15, 0.2) is 12.2 Å². The van der Waals surface area contributed by atoms with E-state index in [9.17, 15) is 50.8 Å². The number of aliphatic hydroxyl groups excluding tert-OH is 2. The van der Waals surface area contributed by atoms with Gasteiger partial charge >= 0.3 is 115 Å². The predicted octanol–water partition coefficient (Wildman–Crippen LogP) is -5.01. The molecule has 16 nitrogen and oxygen atoms in total. The monoisotopic (exact) mass is 802 g/mol. The molecule has 1 saturated heterocycles. The molecule has 50 heavy (non-hydrogen) atoms. The molecule has 0 amide bonds. The molecule has 4 saturated carbocycles. The van der Waals surface area contributed by atoms with E-state index in [1.165, 1.54) is 0 Å². The minimum Gasteiger partial charge on any atom is -0.726 e. The van der Waals surface area contributed by atoms with Gasteiger partial charge in [0.1, 0.15) is 18.3 Å². The molecule has 2 bridgehead atoms. The number of hydrogen-bond donors (Lipinski definition) is 3. The number of hydrogen-bond acceptors (Lipinski definition) is 15. The summed E-state index contributed by atoms with van der Waals surface area (Å²) in [4.78, 5) is 25.6. The third-order valence-corrected chi connectivity index (χ3v) is 12.4. The molecule has 4 aliphatic carbocycles. The smallest absolute Gasteiger partial charge is 0.726 e. The van der Waals surface area contributed by atoms with Gasteiger partial charge in [0.25, 0.3) is 0 Å². The van der Waals surface area contributed by atoms with Crippen LogP contribution < -0.4 is 103 Å². The van der Waals surface area contributed by atoms with Gasteiger partial charge in [-0.3, -0.25) is 18.0 Å². The van der Waals surface area contributed by atoms with E-state index in [4.69, 9.17) is 14.2 Å². The summed E-state index contributed by atoms with van der Waals surface area (Å²) in [5.74, 6) is -3.38. The Kier molecular flexibility index (Phi) is 15.9. The van der Waals surface area contributed by atoms with Crippen molar-refractivity contribution in [3.05, 3.63) is 12.2 Å². The predicted molar refractivity (Wildman–Crippen MR) is 159 cm³/mol. The van der Waals surface area contributed by atoms with E-state index in [1.807, 2.05) is 6.92 Å². The molecule has 274 valence electrons. The van der Waals surface area contributed by atoms with E-state index in [2.05, 4.69) is 14.9 Å². The summed E-state index contributed by atoms with van der Waals surface area (Å²) in [5, 5.41) is 31.9. The van der Waals surface area contributed by atoms with Crippen LogP contribution in [-0.2, 0) is 53.0 Å². The molecule has 5 aliphatic rings. The Hall–Kier alpha value is 1.53. The van der Waals surface area contributed by atoms with Gasteiger partial charge in [-0.05, 0) is 79.6 Å². The zero-order chi connectivity index (χ0) is 35.6. The first-order valence-corrected chi connectivity index (χ1v) is 18.8. The van der Waals surface area contributed by atoms with Crippen LogP contribution in [0, 0.1) is 40.4 Å². The Labute approximate surface area is 377 Å². The first-order chi connectivity index (χ1) is 22.2. The minimum absolute atomic E-state index is 0. The van der Waals surface area contributed by atoms with Gasteiger partial charge in [0.2, 0.25) is 20.8 Å². The summed E-state index contributed by atoms with van der Waals surface area (Å²) in [6, 6.07) is 0. The Balaban J connectivity index is 0.00000338. The van der Waals surface area contributed by atoms with Crippen molar-refractivity contribution in [2.45, 2.75) is 115 Å². The maximum atomic E-state index is 12.9. The Bertz CT molecular complexity index is 1490. The zero-order valence-electron chi connectivity index (χ0n) is 29.0. The van der Waals surface area contributed by atoms with Gasteiger partial charge in [0.15, 0.2) is 12.4 Å². The molecule has 0 aromatic rings. The Morgan fingerprint density at radius 2 is 1.64 bits per heavy atom. The molecule has 0 aromatic carbocycles. The summed E-state index contributed by atoms with van der Waals surface area (Å²) < 4.78 is 96.9. The molecule has 5 fully saturated rings. The standard InChI is InChI=1S/C30H46O16S2.2K/c1-14(2)9-22(32)44-25-24(46-48(39,40)41)23(45-47(36,37)38)20(13-31)43-28(25)42-17-10-18(27(34)35)19-7-8-30-11-16(15(3)26(30)33)5-6-21(30)29(19,4)12-17;;/h14,16-21,23-26,28,31,33H,3,5-13H2,1-2,4H3,(H,34,35)(H,36,37,38)(H,39,40,41);;/q;2*+1/p-2/t16-,17+,18+,19+,20+,21?,23+,24-,25+,26-,28+,29+,30+;;/m0../s1. The number of aliphatic carboxylic acids is 1. The molecule has 13 atom stereocenters. The minimum atomic E-state index is -5.69. The van der Waals surface area contributed by atoms with Crippen molar-refractivity contribution in [3.8, 4) is 0 Å². The summed E-state index contributed by atoms with van der Waals surface area (Å²) in [6.07, 6.45) is -8.49. The topological polar surface area (TPSA) is 255 Å². The van der Waals surface area contributed by atoms with Crippen LogP contribution in [0.5, 0.6) is 0 Å². The number of fused-ring (bicyclic) bond motifs is 3. The molecule has 20 heteroatoms.